The SMILES string of the molecule is Cn1c(=O)oc2cc(S(=O)(=O)NCC(=O)Nc3ccccc3)ccc21. The van der Waals surface area contributed by atoms with Crippen molar-refractivity contribution < 1.29 is 17.6 Å². The average molecular weight is 361 g/mol. The normalized spacial score (nSPS) is 11.6. The number of hydrogen-bond donors (Lipinski definition) is 2. The number of sulfonamides is 1. The van der Waals surface area contributed by atoms with E-state index in [1.165, 1.54) is 29.8 Å². The number of benzene rings is 2. The van der Waals surface area contributed by atoms with Crippen LogP contribution in [-0.2, 0) is 21.9 Å². The van der Waals surface area contributed by atoms with Gasteiger partial charge in [-0.25, -0.2) is 17.9 Å². The molecule has 130 valence electrons. The molecule has 0 aliphatic rings. The van der Waals surface area contributed by atoms with Gasteiger partial charge in [0.25, 0.3) is 0 Å². The van der Waals surface area contributed by atoms with E-state index in [0.29, 0.717) is 11.2 Å². The minimum absolute atomic E-state index is 0.0955. The maximum absolute atomic E-state index is 12.3. The monoisotopic (exact) mass is 361 g/mol. The molecule has 0 atom stereocenters. The first-order chi connectivity index (χ1) is 11.9. The number of rotatable bonds is 5. The van der Waals surface area contributed by atoms with Crippen molar-refractivity contribution in [3.05, 3.63) is 59.1 Å². The molecule has 1 amide bonds. The Morgan fingerprint density at radius 3 is 2.60 bits per heavy atom. The topological polar surface area (TPSA) is 110 Å². The van der Waals surface area contributed by atoms with Crippen LogP contribution in [0.15, 0.2) is 62.6 Å². The molecular weight excluding hydrogens is 346 g/mol. The Labute approximate surface area is 143 Å². The van der Waals surface area contributed by atoms with Gasteiger partial charge < -0.3 is 9.73 Å². The lowest BCUT2D eigenvalue weighted by atomic mass is 10.3. The Morgan fingerprint density at radius 1 is 1.16 bits per heavy atom. The van der Waals surface area contributed by atoms with Crippen LogP contribution in [0.1, 0.15) is 0 Å². The fourth-order valence-corrected chi connectivity index (χ4v) is 3.25. The van der Waals surface area contributed by atoms with E-state index >= 15 is 0 Å². The molecule has 0 saturated heterocycles. The highest BCUT2D eigenvalue weighted by atomic mass is 32.2. The summed E-state index contributed by atoms with van der Waals surface area (Å²) in [6.07, 6.45) is 0. The van der Waals surface area contributed by atoms with Gasteiger partial charge in [0.2, 0.25) is 15.9 Å². The predicted molar refractivity (Wildman–Crippen MR) is 91.7 cm³/mol. The lowest BCUT2D eigenvalue weighted by Gasteiger charge is -2.08. The Hall–Kier alpha value is -2.91. The van der Waals surface area contributed by atoms with Gasteiger partial charge in [-0.15, -0.1) is 0 Å². The summed E-state index contributed by atoms with van der Waals surface area (Å²) in [4.78, 5) is 23.2. The summed E-state index contributed by atoms with van der Waals surface area (Å²) in [5.41, 5.74) is 1.20. The first-order valence-corrected chi connectivity index (χ1v) is 8.79. The average Bonchev–Trinajstić information content (AvgIpc) is 2.88. The number of aryl methyl sites for hydroxylation is 1. The van der Waals surface area contributed by atoms with E-state index in [0.717, 1.165) is 0 Å². The van der Waals surface area contributed by atoms with E-state index in [1.807, 2.05) is 0 Å². The van der Waals surface area contributed by atoms with Crippen LogP contribution in [-0.4, -0.2) is 25.4 Å². The van der Waals surface area contributed by atoms with Crippen molar-refractivity contribution >= 4 is 32.7 Å². The minimum Gasteiger partial charge on any atom is -0.408 e. The molecule has 0 spiro atoms. The molecule has 0 unspecified atom stereocenters. The molecule has 1 aromatic heterocycles. The quantitative estimate of drug-likeness (QED) is 0.706. The molecule has 1 heterocycles. The number of oxazole rings is 1. The lowest BCUT2D eigenvalue weighted by Crippen LogP contribution is -2.32. The number of para-hydroxylation sites is 1. The van der Waals surface area contributed by atoms with Gasteiger partial charge in [-0.3, -0.25) is 9.36 Å². The van der Waals surface area contributed by atoms with Gasteiger partial charge in [0.05, 0.1) is 17.0 Å². The summed E-state index contributed by atoms with van der Waals surface area (Å²) < 4.78 is 33.1. The molecule has 8 nitrogen and oxygen atoms in total. The first-order valence-electron chi connectivity index (χ1n) is 7.31. The van der Waals surface area contributed by atoms with Crippen LogP contribution in [0.25, 0.3) is 11.1 Å². The zero-order valence-electron chi connectivity index (χ0n) is 13.2. The summed E-state index contributed by atoms with van der Waals surface area (Å²) in [5.74, 6) is -1.08. The minimum atomic E-state index is -3.92. The summed E-state index contributed by atoms with van der Waals surface area (Å²) in [7, 11) is -2.40. The van der Waals surface area contributed by atoms with E-state index in [-0.39, 0.29) is 10.5 Å². The second kappa shape index (κ2) is 6.54. The number of nitrogens with one attached hydrogen (secondary N) is 2. The summed E-state index contributed by atoms with van der Waals surface area (Å²) in [6, 6.07) is 12.7. The predicted octanol–water partition coefficient (Wildman–Crippen LogP) is 1.05. The third kappa shape index (κ3) is 3.62. The highest BCUT2D eigenvalue weighted by Crippen LogP contribution is 2.17. The molecule has 2 aromatic carbocycles. The van der Waals surface area contributed by atoms with Crippen LogP contribution in [0, 0.1) is 0 Å². The fourth-order valence-electron chi connectivity index (χ4n) is 2.25. The highest BCUT2D eigenvalue weighted by molar-refractivity contribution is 7.89. The van der Waals surface area contributed by atoms with Crippen LogP contribution in [0.2, 0.25) is 0 Å². The summed E-state index contributed by atoms with van der Waals surface area (Å²) >= 11 is 0. The molecule has 0 aliphatic carbocycles. The molecule has 0 radical (unpaired) electrons. The number of amides is 1. The number of hydrogen-bond acceptors (Lipinski definition) is 5. The lowest BCUT2D eigenvalue weighted by molar-refractivity contribution is -0.115. The number of aromatic nitrogens is 1. The largest absolute Gasteiger partial charge is 0.419 e. The van der Waals surface area contributed by atoms with Crippen LogP contribution in [0.3, 0.4) is 0 Å². The van der Waals surface area contributed by atoms with Gasteiger partial charge in [-0.1, -0.05) is 18.2 Å². The van der Waals surface area contributed by atoms with Gasteiger partial charge >= 0.3 is 5.76 Å². The maximum atomic E-state index is 12.3. The van der Waals surface area contributed by atoms with Crippen molar-refractivity contribution in [1.29, 1.82) is 0 Å². The van der Waals surface area contributed by atoms with Crippen LogP contribution in [0.5, 0.6) is 0 Å². The Kier molecular flexibility index (Phi) is 4.43. The maximum Gasteiger partial charge on any atom is 0.419 e. The number of anilines is 1. The standard InChI is InChI=1S/C16H15N3O5S/c1-19-13-8-7-12(9-14(13)24-16(19)21)25(22,23)17-10-15(20)18-11-5-3-2-4-6-11/h2-9,17H,10H2,1H3,(H,18,20). The van der Waals surface area contributed by atoms with Crippen LogP contribution < -0.4 is 15.8 Å². The molecule has 9 heteroatoms. The van der Waals surface area contributed by atoms with Gasteiger partial charge in [0, 0.05) is 18.8 Å². The van der Waals surface area contributed by atoms with Gasteiger partial charge in [-0.2, -0.15) is 0 Å². The molecule has 0 saturated carbocycles. The Balaban J connectivity index is 1.73. The molecule has 2 N–H and O–H groups in total. The second-order valence-electron chi connectivity index (χ2n) is 5.30. The highest BCUT2D eigenvalue weighted by Gasteiger charge is 2.18. The number of fused-ring (bicyclic) bond motifs is 1. The molecular formula is C16H15N3O5S. The van der Waals surface area contributed by atoms with E-state index < -0.39 is 28.2 Å². The van der Waals surface area contributed by atoms with Crippen molar-refractivity contribution in [3.8, 4) is 0 Å². The van der Waals surface area contributed by atoms with E-state index in [9.17, 15) is 18.0 Å². The van der Waals surface area contributed by atoms with Gasteiger partial charge in [0.1, 0.15) is 0 Å². The summed E-state index contributed by atoms with van der Waals surface area (Å²) in [5, 5.41) is 2.58. The molecule has 0 aliphatic heterocycles. The van der Waals surface area contributed by atoms with Gasteiger partial charge in [0.15, 0.2) is 5.58 Å². The van der Waals surface area contributed by atoms with Crippen molar-refractivity contribution in [2.24, 2.45) is 7.05 Å². The van der Waals surface area contributed by atoms with E-state index in [2.05, 4.69) is 10.0 Å². The third-order valence-corrected chi connectivity index (χ3v) is 4.95. The molecule has 3 rings (SSSR count). The Bertz CT molecular complexity index is 1080. The van der Waals surface area contributed by atoms with E-state index in [4.69, 9.17) is 4.42 Å². The second-order valence-corrected chi connectivity index (χ2v) is 7.06. The zero-order valence-corrected chi connectivity index (χ0v) is 14.0. The van der Waals surface area contributed by atoms with Crippen LogP contribution in [0.4, 0.5) is 5.69 Å². The molecule has 3 aromatic rings. The molecule has 25 heavy (non-hydrogen) atoms. The van der Waals surface area contributed by atoms with E-state index in [1.54, 1.807) is 30.3 Å². The molecule has 0 fully saturated rings. The molecule has 0 bridgehead atoms. The Morgan fingerprint density at radius 2 is 1.88 bits per heavy atom. The number of carbonyl (C=O) groups is 1. The van der Waals surface area contributed by atoms with Crippen molar-refractivity contribution in [3.63, 3.8) is 0 Å². The number of carbonyl (C=O) groups excluding carboxylic acids is 1. The number of nitrogens with zero attached hydrogens (tertiary/aromatic N) is 1. The summed E-state index contributed by atoms with van der Waals surface area (Å²) in [6.45, 7) is -0.423. The van der Waals surface area contributed by atoms with Crippen molar-refractivity contribution in [2.45, 2.75) is 4.90 Å². The van der Waals surface area contributed by atoms with Gasteiger partial charge in [-0.05, 0) is 24.3 Å². The third-order valence-electron chi connectivity index (χ3n) is 3.55. The zero-order chi connectivity index (χ0) is 18.0. The van der Waals surface area contributed by atoms with Crippen LogP contribution >= 0.6 is 0 Å². The first kappa shape index (κ1) is 16.9. The van der Waals surface area contributed by atoms with Crippen molar-refractivity contribution in [1.82, 2.24) is 9.29 Å². The van der Waals surface area contributed by atoms with Crippen molar-refractivity contribution in [2.75, 3.05) is 11.9 Å². The smallest absolute Gasteiger partial charge is 0.408 e. The fraction of sp³-hybridized carbons (Fsp3) is 0.125.